The number of aryl methyl sites for hydroxylation is 2. The standard InChI is InChI=1S/C17H23N6O.2BrH/c1-22-10-11-23(2)16(22)13-24-15-6-4-14(5-7-15)12-20-21-17-18-8-3-9-19-17;;/h4-7,10-12H,3,8-9,13H2,1-2H3,(H2,18,19,21);2*1H/q+1;;/p-1/b20-12+;;. The third-order valence-corrected chi connectivity index (χ3v) is 3.86. The number of hydrogen-bond donors (Lipinski definition) is 2. The summed E-state index contributed by atoms with van der Waals surface area (Å²) in [5.41, 5.74) is 3.91. The molecule has 7 nitrogen and oxygen atoms in total. The van der Waals surface area contributed by atoms with E-state index in [1.165, 1.54) is 0 Å². The lowest BCUT2D eigenvalue weighted by atomic mass is 10.2. The Labute approximate surface area is 174 Å². The molecule has 1 aromatic carbocycles. The molecule has 0 bridgehead atoms. The molecule has 0 unspecified atom stereocenters. The number of benzene rings is 1. The molecule has 0 fully saturated rings. The van der Waals surface area contributed by atoms with Gasteiger partial charge in [-0.15, -0.1) is 17.0 Å². The smallest absolute Gasteiger partial charge is 0.294 e. The number of nitrogens with zero attached hydrogens (tertiary/aromatic N) is 4. The first-order valence-electron chi connectivity index (χ1n) is 8.02. The fraction of sp³-hybridized carbons (Fsp3) is 0.353. The molecular weight excluding hydrogens is 464 g/mol. The number of hydrazone groups is 1. The fourth-order valence-corrected chi connectivity index (χ4v) is 2.40. The summed E-state index contributed by atoms with van der Waals surface area (Å²) in [6, 6.07) is 7.84. The van der Waals surface area contributed by atoms with Gasteiger partial charge in [0.05, 0.1) is 20.3 Å². The summed E-state index contributed by atoms with van der Waals surface area (Å²) < 4.78 is 9.94. The molecular formula is C17H24Br2N6O. The molecule has 26 heavy (non-hydrogen) atoms. The molecule has 1 aliphatic heterocycles. The van der Waals surface area contributed by atoms with Crippen LogP contribution in [0.5, 0.6) is 5.75 Å². The topological polar surface area (TPSA) is 66.8 Å². The number of aliphatic imine (C=N–C) groups is 1. The molecule has 2 heterocycles. The lowest BCUT2D eigenvalue weighted by molar-refractivity contribution is -0.680. The minimum Gasteiger partial charge on any atom is -1.00 e. The molecule has 0 amide bonds. The van der Waals surface area contributed by atoms with E-state index in [0.717, 1.165) is 42.6 Å². The fourth-order valence-electron chi connectivity index (χ4n) is 2.40. The Balaban J connectivity index is 0.00000169. The van der Waals surface area contributed by atoms with Crippen molar-refractivity contribution in [3.8, 4) is 5.75 Å². The van der Waals surface area contributed by atoms with Gasteiger partial charge in [0.1, 0.15) is 18.1 Å². The summed E-state index contributed by atoms with van der Waals surface area (Å²) in [6.45, 7) is 2.31. The van der Waals surface area contributed by atoms with E-state index in [4.69, 9.17) is 4.74 Å². The quantitative estimate of drug-likeness (QED) is 0.299. The predicted octanol–water partition coefficient (Wildman–Crippen LogP) is -1.72. The summed E-state index contributed by atoms with van der Waals surface area (Å²) in [4.78, 5) is 4.29. The van der Waals surface area contributed by atoms with Crippen molar-refractivity contribution in [1.29, 1.82) is 0 Å². The summed E-state index contributed by atoms with van der Waals surface area (Å²) in [5, 5.41) is 7.34. The van der Waals surface area contributed by atoms with Crippen LogP contribution >= 0.6 is 17.0 Å². The average molecular weight is 488 g/mol. The summed E-state index contributed by atoms with van der Waals surface area (Å²) in [7, 11) is 4.02. The highest BCUT2D eigenvalue weighted by Crippen LogP contribution is 2.12. The minimum atomic E-state index is 0. The van der Waals surface area contributed by atoms with Gasteiger partial charge in [-0.3, -0.25) is 4.99 Å². The Morgan fingerprint density at radius 1 is 1.38 bits per heavy atom. The second-order valence-corrected chi connectivity index (χ2v) is 5.67. The first kappa shape index (κ1) is 22.2. The number of imidazole rings is 1. The number of rotatable bonds is 5. The maximum atomic E-state index is 5.84. The number of guanidine groups is 1. The largest absolute Gasteiger partial charge is 1.00 e. The van der Waals surface area contributed by atoms with Crippen LogP contribution in [0, 0.1) is 0 Å². The van der Waals surface area contributed by atoms with Crippen LogP contribution in [-0.4, -0.2) is 29.8 Å². The van der Waals surface area contributed by atoms with E-state index < -0.39 is 0 Å². The van der Waals surface area contributed by atoms with Crippen LogP contribution in [-0.2, 0) is 20.7 Å². The van der Waals surface area contributed by atoms with Crippen molar-refractivity contribution in [3.05, 3.63) is 48.0 Å². The third-order valence-electron chi connectivity index (χ3n) is 3.86. The van der Waals surface area contributed by atoms with Gasteiger partial charge in [-0.25, -0.2) is 14.6 Å². The molecule has 0 saturated heterocycles. The maximum Gasteiger partial charge on any atom is 0.294 e. The molecule has 1 aliphatic rings. The first-order valence-corrected chi connectivity index (χ1v) is 8.02. The van der Waals surface area contributed by atoms with Crippen molar-refractivity contribution < 1.29 is 26.3 Å². The highest BCUT2D eigenvalue weighted by molar-refractivity contribution is 8.93. The van der Waals surface area contributed by atoms with E-state index in [9.17, 15) is 0 Å². The van der Waals surface area contributed by atoms with Crippen molar-refractivity contribution in [1.82, 2.24) is 15.3 Å². The van der Waals surface area contributed by atoms with E-state index in [1.807, 2.05) is 50.8 Å². The molecule has 0 atom stereocenters. The maximum absolute atomic E-state index is 5.84. The Hall–Kier alpha value is -1.87. The van der Waals surface area contributed by atoms with Gasteiger partial charge < -0.3 is 27.0 Å². The Morgan fingerprint density at radius 2 is 2.15 bits per heavy atom. The number of nitrogens with one attached hydrogen (secondary N) is 2. The van der Waals surface area contributed by atoms with Crippen molar-refractivity contribution in [3.63, 3.8) is 0 Å². The Morgan fingerprint density at radius 3 is 2.77 bits per heavy atom. The van der Waals surface area contributed by atoms with Crippen molar-refractivity contribution in [2.24, 2.45) is 24.2 Å². The van der Waals surface area contributed by atoms with Crippen LogP contribution in [0.1, 0.15) is 17.8 Å². The second kappa shape index (κ2) is 11.0. The number of halogens is 2. The number of ether oxygens (including phenoxy) is 1. The van der Waals surface area contributed by atoms with E-state index in [-0.39, 0.29) is 34.0 Å². The van der Waals surface area contributed by atoms with Crippen molar-refractivity contribution in [2.45, 2.75) is 13.0 Å². The highest BCUT2D eigenvalue weighted by atomic mass is 79.9. The second-order valence-electron chi connectivity index (χ2n) is 5.67. The normalized spacial score (nSPS) is 13.2. The molecule has 9 heteroatoms. The summed E-state index contributed by atoms with van der Waals surface area (Å²) in [5.74, 6) is 2.66. The van der Waals surface area contributed by atoms with Gasteiger partial charge in [-0.1, -0.05) is 0 Å². The molecule has 2 N–H and O–H groups in total. The zero-order valence-electron chi connectivity index (χ0n) is 14.9. The van der Waals surface area contributed by atoms with Gasteiger partial charge in [0, 0.05) is 13.1 Å². The number of hydrogen-bond acceptors (Lipinski definition) is 5. The highest BCUT2D eigenvalue weighted by Gasteiger charge is 2.11. The van der Waals surface area contributed by atoms with E-state index in [1.54, 1.807) is 6.21 Å². The average Bonchev–Trinajstić information content (AvgIpc) is 2.93. The monoisotopic (exact) mass is 486 g/mol. The Kier molecular flexibility index (Phi) is 9.36. The van der Waals surface area contributed by atoms with Crippen molar-refractivity contribution in [2.75, 3.05) is 13.1 Å². The molecule has 0 aliphatic carbocycles. The Bertz CT molecular complexity index is 723. The van der Waals surface area contributed by atoms with Gasteiger partial charge in [0.15, 0.2) is 6.61 Å². The van der Waals surface area contributed by atoms with Crippen molar-refractivity contribution >= 4 is 29.2 Å². The lowest BCUT2D eigenvalue weighted by Gasteiger charge is -2.12. The summed E-state index contributed by atoms with van der Waals surface area (Å²) in [6.07, 6.45) is 6.85. The molecule has 142 valence electrons. The first-order chi connectivity index (χ1) is 11.7. The zero-order chi connectivity index (χ0) is 16.8. The zero-order valence-corrected chi connectivity index (χ0v) is 18.2. The van der Waals surface area contributed by atoms with Crippen LogP contribution in [0.2, 0.25) is 0 Å². The van der Waals surface area contributed by atoms with Crippen LogP contribution in [0.25, 0.3) is 0 Å². The summed E-state index contributed by atoms with van der Waals surface area (Å²) >= 11 is 0. The molecule has 0 spiro atoms. The van der Waals surface area contributed by atoms with Crippen LogP contribution in [0.3, 0.4) is 0 Å². The van der Waals surface area contributed by atoms with Gasteiger partial charge >= 0.3 is 0 Å². The molecule has 3 rings (SSSR count). The van der Waals surface area contributed by atoms with E-state index in [0.29, 0.717) is 6.61 Å². The molecule has 0 saturated carbocycles. The van der Waals surface area contributed by atoms with Gasteiger partial charge in [0.25, 0.3) is 5.82 Å². The SMILES string of the molecule is Br.Cn1cc[n+](C)c1COc1ccc(/C=N/NC2=NCCCN2)cc1.[Br-]. The lowest BCUT2D eigenvalue weighted by Crippen LogP contribution is -3.00. The minimum absolute atomic E-state index is 0. The van der Waals surface area contributed by atoms with Gasteiger partial charge in [-0.05, 0) is 36.2 Å². The number of aromatic nitrogens is 2. The van der Waals surface area contributed by atoms with Crippen LogP contribution in [0.15, 0.2) is 46.8 Å². The van der Waals surface area contributed by atoms with E-state index in [2.05, 4.69) is 30.0 Å². The molecule has 2 aromatic rings. The molecule has 1 aromatic heterocycles. The predicted molar refractivity (Wildman–Crippen MR) is 103 cm³/mol. The van der Waals surface area contributed by atoms with E-state index >= 15 is 0 Å². The van der Waals surface area contributed by atoms with Crippen LogP contribution in [0.4, 0.5) is 0 Å². The molecule has 0 radical (unpaired) electrons. The van der Waals surface area contributed by atoms with Crippen LogP contribution < -0.4 is 37.0 Å². The van der Waals surface area contributed by atoms with Gasteiger partial charge in [-0.2, -0.15) is 5.10 Å². The third kappa shape index (κ3) is 6.14. The van der Waals surface area contributed by atoms with Gasteiger partial charge in [0.2, 0.25) is 5.96 Å².